The second-order valence-electron chi connectivity index (χ2n) is 6.89. The summed E-state index contributed by atoms with van der Waals surface area (Å²) in [6, 6.07) is 9.04. The van der Waals surface area contributed by atoms with Gasteiger partial charge in [-0.25, -0.2) is 0 Å². The second-order valence-corrected chi connectivity index (χ2v) is 7.30. The molecule has 0 aliphatic carbocycles. The molecule has 3 rings (SSSR count). The van der Waals surface area contributed by atoms with Crippen LogP contribution in [0.4, 0.5) is 0 Å². The predicted octanol–water partition coefficient (Wildman–Crippen LogP) is 2.65. The van der Waals surface area contributed by atoms with Crippen LogP contribution in [-0.4, -0.2) is 40.3 Å². The third kappa shape index (κ3) is 7.48. The van der Waals surface area contributed by atoms with Crippen molar-refractivity contribution >= 4 is 28.5 Å². The number of nitrogens with two attached hydrogens (primary N) is 3. The van der Waals surface area contributed by atoms with E-state index >= 15 is 0 Å². The minimum atomic E-state index is -0.888. The molecule has 2 atom stereocenters. The fourth-order valence-corrected chi connectivity index (χ4v) is 2.89. The van der Waals surface area contributed by atoms with E-state index in [9.17, 15) is 4.79 Å². The summed E-state index contributed by atoms with van der Waals surface area (Å²) >= 11 is 6.30. The molecule has 0 aliphatic rings. The smallest absolute Gasteiger partial charge is 0.303 e. The first-order valence-corrected chi connectivity index (χ1v) is 10.3. The van der Waals surface area contributed by atoms with Gasteiger partial charge in [0.15, 0.2) is 5.58 Å². The highest BCUT2D eigenvalue weighted by Crippen LogP contribution is 2.34. The second kappa shape index (κ2) is 12.2. The molecule has 0 fully saturated rings. The minimum absolute atomic E-state index is 0.0196. The lowest BCUT2D eigenvalue weighted by atomic mass is 10.1. The highest BCUT2D eigenvalue weighted by molar-refractivity contribution is 6.32. The Bertz CT molecular complexity index is 967. The van der Waals surface area contributed by atoms with Crippen molar-refractivity contribution in [3.05, 3.63) is 52.9 Å². The first kappa shape index (κ1) is 24.5. The normalized spacial score (nSPS) is 12.7. The van der Waals surface area contributed by atoms with Crippen LogP contribution in [0.1, 0.15) is 37.3 Å². The average molecular weight is 450 g/mol. The molecular weight excluding hydrogens is 422 g/mol. The lowest BCUT2D eigenvalue weighted by molar-refractivity contribution is -0.136. The molecule has 0 amide bonds. The largest absolute Gasteiger partial charge is 0.483 e. The topological polar surface area (TPSA) is 164 Å². The Morgan fingerprint density at radius 2 is 2.10 bits per heavy atom. The Morgan fingerprint density at radius 3 is 2.68 bits per heavy atom. The van der Waals surface area contributed by atoms with Crippen LogP contribution in [-0.2, 0) is 11.2 Å². The van der Waals surface area contributed by atoms with Gasteiger partial charge in [0.1, 0.15) is 11.9 Å². The number of nitrogens with zero attached hydrogens (tertiary/aromatic N) is 2. The number of hydrogen-bond donors (Lipinski definition) is 4. The van der Waals surface area contributed by atoms with Crippen LogP contribution in [0.5, 0.6) is 5.75 Å². The Kier molecular flexibility index (Phi) is 9.67. The van der Waals surface area contributed by atoms with E-state index in [-0.39, 0.29) is 25.0 Å². The lowest BCUT2D eigenvalue weighted by Crippen LogP contribution is -2.31. The molecule has 168 valence electrons. The number of hydrogen-bond acceptors (Lipinski definition) is 8. The number of carboxylic acid groups (broad SMARTS) is 1. The van der Waals surface area contributed by atoms with Crippen LogP contribution >= 0.6 is 11.6 Å². The maximum atomic E-state index is 10.7. The van der Waals surface area contributed by atoms with Gasteiger partial charge in [-0.2, -0.15) is 0 Å². The zero-order chi connectivity index (χ0) is 22.8. The molecule has 0 aliphatic heterocycles. The van der Waals surface area contributed by atoms with E-state index in [4.69, 9.17) is 43.2 Å². The number of halogens is 1. The number of aliphatic carboxylic acids is 1. The SMILES string of the molecule is CC(Oc1cc2onc(CCC(=O)O)c2cc1Cl)c1ccccn1.NCC[C@@H](N)CN. The first-order valence-electron chi connectivity index (χ1n) is 9.88. The molecule has 10 heteroatoms. The molecule has 2 aromatic heterocycles. The van der Waals surface area contributed by atoms with Gasteiger partial charge < -0.3 is 31.6 Å². The number of aryl methyl sites for hydroxylation is 1. The maximum absolute atomic E-state index is 10.7. The number of rotatable bonds is 9. The molecule has 0 saturated heterocycles. The molecule has 31 heavy (non-hydrogen) atoms. The highest BCUT2D eigenvalue weighted by atomic mass is 35.5. The summed E-state index contributed by atoms with van der Waals surface area (Å²) < 4.78 is 11.1. The highest BCUT2D eigenvalue weighted by Gasteiger charge is 2.16. The Morgan fingerprint density at radius 1 is 1.32 bits per heavy atom. The molecule has 0 spiro atoms. The van der Waals surface area contributed by atoms with Gasteiger partial charge in [-0.3, -0.25) is 9.78 Å². The number of pyridine rings is 1. The summed E-state index contributed by atoms with van der Waals surface area (Å²) in [5, 5.41) is 13.8. The van der Waals surface area contributed by atoms with E-state index in [2.05, 4.69) is 10.1 Å². The van der Waals surface area contributed by atoms with Gasteiger partial charge in [0.25, 0.3) is 0 Å². The molecule has 1 unspecified atom stereocenters. The fourth-order valence-electron chi connectivity index (χ4n) is 2.68. The van der Waals surface area contributed by atoms with Crippen molar-refractivity contribution in [1.29, 1.82) is 0 Å². The van der Waals surface area contributed by atoms with Crippen LogP contribution in [0.15, 0.2) is 41.1 Å². The van der Waals surface area contributed by atoms with E-state index in [1.54, 1.807) is 18.3 Å². The Hall–Kier alpha value is -2.72. The van der Waals surface area contributed by atoms with Crippen LogP contribution in [0.3, 0.4) is 0 Å². The van der Waals surface area contributed by atoms with Crippen molar-refractivity contribution in [2.75, 3.05) is 13.1 Å². The maximum Gasteiger partial charge on any atom is 0.303 e. The zero-order valence-corrected chi connectivity index (χ0v) is 18.1. The molecule has 7 N–H and O–H groups in total. The molecule has 0 radical (unpaired) electrons. The fraction of sp³-hybridized carbons (Fsp3) is 0.381. The molecule has 0 saturated carbocycles. The van der Waals surface area contributed by atoms with Crippen LogP contribution in [0.25, 0.3) is 11.0 Å². The third-order valence-corrected chi connectivity index (χ3v) is 4.72. The standard InChI is InChI=1S/C17H15ClN2O4.C4H13N3/c1-10(13-4-2-3-7-19-13)23-16-9-15-11(8-12(16)18)14(20-24-15)5-6-17(21)22;5-2-1-4(7)3-6/h2-4,7-10H,5-6H2,1H3,(H,21,22);4H,1-3,5-7H2/t;4-/m.1/s1. The van der Waals surface area contributed by atoms with Gasteiger partial charge in [-0.1, -0.05) is 22.8 Å². The number of carboxylic acids is 1. The molecular formula is C21H28ClN5O4. The van der Waals surface area contributed by atoms with Gasteiger partial charge in [0, 0.05) is 36.7 Å². The lowest BCUT2D eigenvalue weighted by Gasteiger charge is -2.15. The van der Waals surface area contributed by atoms with Crippen molar-refractivity contribution < 1.29 is 19.2 Å². The van der Waals surface area contributed by atoms with Gasteiger partial charge in [-0.15, -0.1) is 0 Å². The van der Waals surface area contributed by atoms with Crippen molar-refractivity contribution in [2.45, 2.75) is 38.3 Å². The summed E-state index contributed by atoms with van der Waals surface area (Å²) in [7, 11) is 0. The number of carbonyl (C=O) groups is 1. The van der Waals surface area contributed by atoms with Gasteiger partial charge in [0.2, 0.25) is 0 Å². The quantitative estimate of drug-likeness (QED) is 0.384. The predicted molar refractivity (Wildman–Crippen MR) is 119 cm³/mol. The van der Waals surface area contributed by atoms with Gasteiger partial charge >= 0.3 is 5.97 Å². The summed E-state index contributed by atoms with van der Waals surface area (Å²) in [5.41, 5.74) is 17.6. The Labute approximate surface area is 185 Å². The molecule has 1 aromatic carbocycles. The third-order valence-electron chi connectivity index (χ3n) is 4.42. The van der Waals surface area contributed by atoms with Crippen LogP contribution in [0, 0.1) is 0 Å². The molecule has 0 bridgehead atoms. The minimum Gasteiger partial charge on any atom is -0.483 e. The average Bonchev–Trinajstić information content (AvgIpc) is 3.15. The number of aromatic nitrogens is 2. The van der Waals surface area contributed by atoms with E-state index in [0.717, 1.165) is 12.1 Å². The summed E-state index contributed by atoms with van der Waals surface area (Å²) in [5.74, 6) is -0.426. The van der Waals surface area contributed by atoms with Crippen molar-refractivity contribution in [3.8, 4) is 5.75 Å². The molecule has 9 nitrogen and oxygen atoms in total. The van der Waals surface area contributed by atoms with Crippen LogP contribution in [0.2, 0.25) is 5.02 Å². The molecule has 3 aromatic rings. The number of fused-ring (bicyclic) bond motifs is 1. The van der Waals surface area contributed by atoms with E-state index < -0.39 is 5.97 Å². The zero-order valence-electron chi connectivity index (χ0n) is 17.3. The van der Waals surface area contributed by atoms with Gasteiger partial charge in [0.05, 0.1) is 22.8 Å². The van der Waals surface area contributed by atoms with Crippen molar-refractivity contribution in [3.63, 3.8) is 0 Å². The van der Waals surface area contributed by atoms with Crippen LogP contribution < -0.4 is 21.9 Å². The number of benzene rings is 1. The van der Waals surface area contributed by atoms with Crippen molar-refractivity contribution in [2.24, 2.45) is 17.2 Å². The summed E-state index contributed by atoms with van der Waals surface area (Å²) in [6.45, 7) is 3.05. The van der Waals surface area contributed by atoms with Crippen molar-refractivity contribution in [1.82, 2.24) is 10.1 Å². The first-order chi connectivity index (χ1) is 14.8. The van der Waals surface area contributed by atoms with Gasteiger partial charge in [-0.05, 0) is 38.1 Å². The molecule has 2 heterocycles. The van der Waals surface area contributed by atoms with E-state index in [1.165, 1.54) is 0 Å². The Balaban J connectivity index is 0.000000423. The van der Waals surface area contributed by atoms with E-state index in [0.29, 0.717) is 40.5 Å². The van der Waals surface area contributed by atoms with E-state index in [1.807, 2.05) is 25.1 Å². The monoisotopic (exact) mass is 449 g/mol. The number of ether oxygens (including phenoxy) is 1. The summed E-state index contributed by atoms with van der Waals surface area (Å²) in [4.78, 5) is 14.9. The summed E-state index contributed by atoms with van der Waals surface area (Å²) in [6.07, 6.45) is 2.51.